The fraction of sp³-hybridized carbons (Fsp3) is 0.829. The highest BCUT2D eigenvalue weighted by molar-refractivity contribution is 5.58. The summed E-state index contributed by atoms with van der Waals surface area (Å²) in [5.41, 5.74) is 0. The van der Waals surface area contributed by atoms with E-state index in [0.29, 0.717) is 17.8 Å². The largest absolute Gasteiger partial charge is 0.304 e. The van der Waals surface area contributed by atoms with E-state index >= 15 is 0 Å². The zero-order chi connectivity index (χ0) is 30.4. The maximum Gasteiger partial charge on any atom is 0.123 e. The highest BCUT2D eigenvalue weighted by Gasteiger charge is 2.20. The Balaban J connectivity index is -0.000000443. The molecule has 0 radical (unpaired) electrons. The molecule has 4 saturated carbocycles. The van der Waals surface area contributed by atoms with Crippen molar-refractivity contribution in [3.63, 3.8) is 0 Å². The van der Waals surface area contributed by atoms with Gasteiger partial charge >= 0.3 is 0 Å². The van der Waals surface area contributed by atoms with Gasteiger partial charge in [-0.1, -0.05) is 86.0 Å². The van der Waals surface area contributed by atoms with E-state index in [-0.39, 0.29) is 19.3 Å². The molecule has 0 heterocycles. The monoisotopic (exact) mass is 580 g/mol. The number of hydrogen-bond donors (Lipinski definition) is 0. The van der Waals surface area contributed by atoms with E-state index in [0.717, 1.165) is 108 Å². The normalized spacial score (nSPS) is 25.5. The van der Waals surface area contributed by atoms with E-state index in [1.165, 1.54) is 58.3 Å². The van der Waals surface area contributed by atoms with E-state index in [1.54, 1.807) is 0 Å². The molecule has 0 bridgehead atoms. The molecule has 6 heteroatoms. The Hall–Kier alpha value is -1.98. The summed E-state index contributed by atoms with van der Waals surface area (Å²) in [5.74, 6) is 2.38. The second-order valence-corrected chi connectivity index (χ2v) is 11.4. The van der Waals surface area contributed by atoms with Gasteiger partial charge in [-0.05, 0) is 70.6 Å². The Morgan fingerprint density at radius 3 is 0.951 bits per heavy atom. The molecule has 0 aromatic carbocycles. The zero-order valence-electron chi connectivity index (χ0n) is 26.1. The maximum absolute atomic E-state index is 10.3. The molecule has 2 atom stereocenters. The standard InChI is InChI=1S/C8H12O2.C8H14O.2C7H12O.C2H4O.C2H6.CH4/c9-5-7-2-1-3-8(4-7)6-10;1-7-2-4-8(6-9)5-3-7;2*8-6-7-4-2-1-3-5-7;1-2-3;1-2;/h5-8H,1-4H2;6-8H,2-5H2,1H3;2*6-7H,1-5H2;2H,1H3;1-2H3;1H4. The van der Waals surface area contributed by atoms with Crippen LogP contribution in [0, 0.1) is 35.5 Å². The van der Waals surface area contributed by atoms with Crippen LogP contribution in [0.25, 0.3) is 0 Å². The Labute approximate surface area is 252 Å². The first kappa shape index (κ1) is 43.5. The highest BCUT2D eigenvalue weighted by atomic mass is 16.1. The molecular formula is C35H64O6. The van der Waals surface area contributed by atoms with Gasteiger partial charge in [0, 0.05) is 29.6 Å². The van der Waals surface area contributed by atoms with Crippen molar-refractivity contribution in [3.05, 3.63) is 0 Å². The highest BCUT2D eigenvalue weighted by Crippen LogP contribution is 2.27. The van der Waals surface area contributed by atoms with Crippen LogP contribution in [-0.4, -0.2) is 37.7 Å². The first-order chi connectivity index (χ1) is 19.5. The lowest BCUT2D eigenvalue weighted by molar-refractivity contribution is -0.116. The molecule has 0 aromatic heterocycles. The predicted molar refractivity (Wildman–Crippen MR) is 170 cm³/mol. The van der Waals surface area contributed by atoms with Crippen LogP contribution in [0.5, 0.6) is 0 Å². The number of rotatable bonds is 5. The van der Waals surface area contributed by atoms with Gasteiger partial charge in [0.15, 0.2) is 0 Å². The molecule has 240 valence electrons. The number of carbonyl (C=O) groups is 6. The molecule has 0 saturated heterocycles. The van der Waals surface area contributed by atoms with Gasteiger partial charge < -0.3 is 28.8 Å². The lowest BCUT2D eigenvalue weighted by Crippen LogP contribution is -2.17. The number of hydrogen-bond acceptors (Lipinski definition) is 6. The molecule has 0 aromatic rings. The first-order valence-electron chi connectivity index (χ1n) is 16.1. The predicted octanol–water partition coefficient (Wildman–Crippen LogP) is 8.60. The third-order valence-corrected chi connectivity index (χ3v) is 8.08. The SMILES string of the molecule is C.CC.CC1CCC(C=O)CC1.CC=O.O=CC1CCCC(C=O)C1.O=CC1CCCCC1.O=CC1CCCCC1. The lowest BCUT2D eigenvalue weighted by Gasteiger charge is -2.21. The van der Waals surface area contributed by atoms with Crippen LogP contribution >= 0.6 is 0 Å². The van der Waals surface area contributed by atoms with E-state index < -0.39 is 0 Å². The average Bonchev–Trinajstić information content (AvgIpc) is 3.04. The maximum atomic E-state index is 10.3. The van der Waals surface area contributed by atoms with Gasteiger partial charge in [-0.15, -0.1) is 0 Å². The Bertz CT molecular complexity index is 578. The summed E-state index contributed by atoms with van der Waals surface area (Å²) in [7, 11) is 0. The summed E-state index contributed by atoms with van der Waals surface area (Å²) >= 11 is 0. The van der Waals surface area contributed by atoms with Crippen molar-refractivity contribution < 1.29 is 28.8 Å². The fourth-order valence-electron chi connectivity index (χ4n) is 5.48. The van der Waals surface area contributed by atoms with E-state index in [4.69, 9.17) is 4.79 Å². The van der Waals surface area contributed by atoms with Crippen LogP contribution in [0.1, 0.15) is 151 Å². The summed E-state index contributed by atoms with van der Waals surface area (Å²) in [6.45, 7) is 7.71. The minimum absolute atomic E-state index is 0. The van der Waals surface area contributed by atoms with Crippen LogP contribution in [-0.2, 0) is 28.8 Å². The Kier molecular flexibility index (Phi) is 34.5. The van der Waals surface area contributed by atoms with Gasteiger partial charge in [0.1, 0.15) is 37.7 Å². The summed E-state index contributed by atoms with van der Waals surface area (Å²) in [5, 5.41) is 0. The number of carbonyl (C=O) groups excluding carboxylic acids is 6. The van der Waals surface area contributed by atoms with Gasteiger partial charge in [0.25, 0.3) is 0 Å². The second kappa shape index (κ2) is 32.5. The van der Waals surface area contributed by atoms with Gasteiger partial charge in [-0.3, -0.25) is 0 Å². The third-order valence-electron chi connectivity index (χ3n) is 8.08. The van der Waals surface area contributed by atoms with Crippen molar-refractivity contribution in [1.29, 1.82) is 0 Å². The minimum Gasteiger partial charge on any atom is -0.304 e. The summed E-state index contributed by atoms with van der Waals surface area (Å²) in [4.78, 5) is 60.0. The van der Waals surface area contributed by atoms with Crippen LogP contribution in [0.4, 0.5) is 0 Å². The lowest BCUT2D eigenvalue weighted by atomic mass is 9.83. The average molecular weight is 581 g/mol. The summed E-state index contributed by atoms with van der Waals surface area (Å²) in [6, 6.07) is 0. The smallest absolute Gasteiger partial charge is 0.123 e. The van der Waals surface area contributed by atoms with E-state index in [2.05, 4.69) is 6.92 Å². The van der Waals surface area contributed by atoms with Crippen molar-refractivity contribution in [1.82, 2.24) is 0 Å². The van der Waals surface area contributed by atoms with E-state index in [9.17, 15) is 24.0 Å². The van der Waals surface area contributed by atoms with Gasteiger partial charge in [0.2, 0.25) is 0 Å². The van der Waals surface area contributed by atoms with E-state index in [1.807, 2.05) is 13.8 Å². The number of aldehydes is 6. The quantitative estimate of drug-likeness (QED) is 0.302. The third kappa shape index (κ3) is 25.5. The van der Waals surface area contributed by atoms with Crippen molar-refractivity contribution in [2.24, 2.45) is 35.5 Å². The zero-order valence-corrected chi connectivity index (χ0v) is 26.1. The Morgan fingerprint density at radius 2 is 0.683 bits per heavy atom. The molecule has 4 fully saturated rings. The van der Waals surface area contributed by atoms with Crippen molar-refractivity contribution in [2.45, 2.75) is 151 Å². The van der Waals surface area contributed by atoms with Crippen molar-refractivity contribution in [2.75, 3.05) is 0 Å². The molecule has 0 aliphatic heterocycles. The summed E-state index contributed by atoms with van der Waals surface area (Å²) < 4.78 is 0. The topological polar surface area (TPSA) is 102 Å². The van der Waals surface area contributed by atoms with Gasteiger partial charge in [0.05, 0.1) is 0 Å². The second-order valence-electron chi connectivity index (χ2n) is 11.4. The molecule has 4 rings (SSSR count). The van der Waals surface area contributed by atoms with Crippen LogP contribution in [0.2, 0.25) is 0 Å². The van der Waals surface area contributed by atoms with Crippen LogP contribution in [0.15, 0.2) is 0 Å². The van der Waals surface area contributed by atoms with Crippen molar-refractivity contribution >= 4 is 37.7 Å². The van der Waals surface area contributed by atoms with Crippen LogP contribution < -0.4 is 0 Å². The van der Waals surface area contributed by atoms with Crippen LogP contribution in [0.3, 0.4) is 0 Å². The molecule has 4 aliphatic carbocycles. The molecule has 0 N–H and O–H groups in total. The molecule has 0 amide bonds. The van der Waals surface area contributed by atoms with Gasteiger partial charge in [-0.25, -0.2) is 0 Å². The molecule has 6 nitrogen and oxygen atoms in total. The first-order valence-corrected chi connectivity index (χ1v) is 16.1. The van der Waals surface area contributed by atoms with Crippen molar-refractivity contribution in [3.8, 4) is 0 Å². The molecule has 2 unspecified atom stereocenters. The molecule has 0 spiro atoms. The fourth-order valence-corrected chi connectivity index (χ4v) is 5.48. The van der Waals surface area contributed by atoms with Gasteiger partial charge in [-0.2, -0.15) is 0 Å². The Morgan fingerprint density at radius 1 is 0.415 bits per heavy atom. The molecule has 41 heavy (non-hydrogen) atoms. The molecule has 4 aliphatic rings. The minimum atomic E-state index is 0. The summed E-state index contributed by atoms with van der Waals surface area (Å²) in [6.07, 6.45) is 26.9. The molecular weight excluding hydrogens is 516 g/mol.